The standard InChI is InChI=1S/C16H15F3N2O4S2/c1-3-26(2,22)13-5-4-8-20-14(13)15-21-11-9-10(6-7-12(11)25-15)27(23,24)16(17,18)19/h4-8,10H,2-3,9H2,1H3. The topological polar surface area (TPSA) is 90.1 Å². The van der Waals surface area contributed by atoms with Crippen molar-refractivity contribution in [2.45, 2.75) is 29.0 Å². The molecule has 0 spiro atoms. The third-order valence-corrected chi connectivity index (χ3v) is 7.98. The molecule has 0 radical (unpaired) electrons. The number of rotatable bonds is 4. The first-order valence-electron chi connectivity index (χ1n) is 7.76. The number of pyridine rings is 1. The van der Waals surface area contributed by atoms with Crippen LogP contribution in [-0.2, 0) is 25.8 Å². The number of alkyl halides is 3. The van der Waals surface area contributed by atoms with E-state index in [2.05, 4.69) is 15.8 Å². The summed E-state index contributed by atoms with van der Waals surface area (Å²) in [4.78, 5) is 8.54. The number of halogens is 3. The van der Waals surface area contributed by atoms with Gasteiger partial charge in [0.05, 0.1) is 15.8 Å². The van der Waals surface area contributed by atoms with Gasteiger partial charge in [-0.05, 0) is 33.6 Å². The van der Waals surface area contributed by atoms with E-state index in [1.54, 1.807) is 19.1 Å². The maximum atomic E-state index is 12.8. The summed E-state index contributed by atoms with van der Waals surface area (Å²) in [6, 6.07) is 3.14. The van der Waals surface area contributed by atoms with Crippen LogP contribution in [0.3, 0.4) is 0 Å². The smallest absolute Gasteiger partial charge is 0.435 e. The summed E-state index contributed by atoms with van der Waals surface area (Å²) in [6.45, 7) is 1.70. The molecule has 2 heterocycles. The largest absolute Gasteiger partial charge is 0.497 e. The Kier molecular flexibility index (Phi) is 4.71. The molecule has 0 amide bonds. The van der Waals surface area contributed by atoms with Crippen molar-refractivity contribution < 1.29 is 30.2 Å². The van der Waals surface area contributed by atoms with E-state index in [0.717, 1.165) is 12.2 Å². The Balaban J connectivity index is 2.03. The summed E-state index contributed by atoms with van der Waals surface area (Å²) in [5, 5.41) is -1.78. The van der Waals surface area contributed by atoms with Gasteiger partial charge >= 0.3 is 5.51 Å². The maximum Gasteiger partial charge on any atom is 0.497 e. The fourth-order valence-electron chi connectivity index (χ4n) is 2.59. The van der Waals surface area contributed by atoms with Crippen molar-refractivity contribution >= 4 is 31.3 Å². The third kappa shape index (κ3) is 3.41. The predicted molar refractivity (Wildman–Crippen MR) is 95.3 cm³/mol. The monoisotopic (exact) mass is 420 g/mol. The highest BCUT2D eigenvalue weighted by atomic mass is 32.2. The van der Waals surface area contributed by atoms with Crippen molar-refractivity contribution in [1.82, 2.24) is 9.97 Å². The average Bonchev–Trinajstić information content (AvgIpc) is 3.04. The Labute approximate surface area is 154 Å². The van der Waals surface area contributed by atoms with Crippen LogP contribution >= 0.6 is 0 Å². The number of nitrogens with zero attached hydrogens (tertiary/aromatic N) is 2. The highest BCUT2D eigenvalue weighted by Gasteiger charge is 2.50. The quantitative estimate of drug-likeness (QED) is 0.707. The molecule has 2 unspecified atom stereocenters. The van der Waals surface area contributed by atoms with Crippen molar-refractivity contribution in [3.8, 4) is 11.6 Å². The Hall–Kier alpha value is -2.14. The number of hydrogen-bond donors (Lipinski definition) is 0. The Morgan fingerprint density at radius 3 is 2.67 bits per heavy atom. The summed E-state index contributed by atoms with van der Waals surface area (Å²) in [5.41, 5.74) is -5.13. The Morgan fingerprint density at radius 1 is 1.33 bits per heavy atom. The minimum atomic E-state index is -5.37. The van der Waals surface area contributed by atoms with Gasteiger partial charge in [0.2, 0.25) is 5.89 Å². The van der Waals surface area contributed by atoms with Gasteiger partial charge in [0.25, 0.3) is 9.84 Å². The second kappa shape index (κ2) is 6.48. The van der Waals surface area contributed by atoms with Crippen LogP contribution in [0.5, 0.6) is 0 Å². The normalized spacial score (nSPS) is 19.5. The molecule has 6 nitrogen and oxygen atoms in total. The fourth-order valence-corrected chi connectivity index (χ4v) is 4.72. The molecular formula is C16H15F3N2O4S2. The molecule has 2 atom stereocenters. The molecule has 3 rings (SSSR count). The molecule has 146 valence electrons. The van der Waals surface area contributed by atoms with E-state index in [-0.39, 0.29) is 28.8 Å². The van der Waals surface area contributed by atoms with Gasteiger partial charge < -0.3 is 4.42 Å². The van der Waals surface area contributed by atoms with Crippen molar-refractivity contribution in [2.24, 2.45) is 0 Å². The van der Waals surface area contributed by atoms with Crippen LogP contribution in [0, 0.1) is 0 Å². The van der Waals surface area contributed by atoms with Gasteiger partial charge in [-0.3, -0.25) is 4.21 Å². The van der Waals surface area contributed by atoms with Gasteiger partial charge in [-0.2, -0.15) is 13.2 Å². The number of oxazole rings is 1. The lowest BCUT2D eigenvalue weighted by Crippen LogP contribution is -2.35. The number of fused-ring (bicyclic) bond motifs is 1. The zero-order valence-corrected chi connectivity index (χ0v) is 15.7. The second-order valence-corrected chi connectivity index (χ2v) is 10.7. The molecular weight excluding hydrogens is 405 g/mol. The van der Waals surface area contributed by atoms with Crippen LogP contribution in [0.15, 0.2) is 33.7 Å². The van der Waals surface area contributed by atoms with Gasteiger partial charge in [0, 0.05) is 18.4 Å². The summed E-state index contributed by atoms with van der Waals surface area (Å²) in [7, 11) is -8.03. The summed E-state index contributed by atoms with van der Waals surface area (Å²) in [6.07, 6.45) is 3.02. The summed E-state index contributed by atoms with van der Waals surface area (Å²) >= 11 is 0. The SMILES string of the molecule is C=S(=O)(CC)c1cccnc1-c1nc2c(o1)C=CC(S(=O)(=O)C(F)(F)F)C2. The fraction of sp³-hybridized carbons (Fsp3) is 0.312. The Bertz CT molecular complexity index is 1120. The molecule has 0 saturated carbocycles. The zero-order chi connectivity index (χ0) is 20.0. The molecule has 0 saturated heterocycles. The van der Waals surface area contributed by atoms with Crippen molar-refractivity contribution in [1.29, 1.82) is 0 Å². The van der Waals surface area contributed by atoms with Gasteiger partial charge in [0.15, 0.2) is 5.76 Å². The lowest BCUT2D eigenvalue weighted by molar-refractivity contribution is -0.0441. The van der Waals surface area contributed by atoms with E-state index in [4.69, 9.17) is 4.42 Å². The lowest BCUT2D eigenvalue weighted by atomic mass is 10.1. The van der Waals surface area contributed by atoms with E-state index in [1.165, 1.54) is 6.20 Å². The predicted octanol–water partition coefficient (Wildman–Crippen LogP) is 2.70. The zero-order valence-electron chi connectivity index (χ0n) is 14.1. The molecule has 2 aromatic rings. The van der Waals surface area contributed by atoms with E-state index >= 15 is 0 Å². The first-order chi connectivity index (χ1) is 12.5. The highest BCUT2D eigenvalue weighted by molar-refractivity contribution is 8.00. The van der Waals surface area contributed by atoms with E-state index in [0.29, 0.717) is 4.90 Å². The van der Waals surface area contributed by atoms with Crippen molar-refractivity contribution in [2.75, 3.05) is 5.75 Å². The van der Waals surface area contributed by atoms with Gasteiger partial charge in [-0.25, -0.2) is 18.4 Å². The van der Waals surface area contributed by atoms with E-state index < -0.39 is 36.5 Å². The molecule has 0 aromatic carbocycles. The van der Waals surface area contributed by atoms with Gasteiger partial charge in [0.1, 0.15) is 5.69 Å². The minimum Gasteiger partial charge on any atom is -0.435 e. The first kappa shape index (κ1) is 19.6. The molecule has 2 aromatic heterocycles. The van der Waals surface area contributed by atoms with Crippen LogP contribution in [-0.4, -0.2) is 45.0 Å². The van der Waals surface area contributed by atoms with Crippen LogP contribution in [0.25, 0.3) is 17.7 Å². The van der Waals surface area contributed by atoms with Gasteiger partial charge in [-0.15, -0.1) is 0 Å². The highest BCUT2D eigenvalue weighted by Crippen LogP contribution is 2.35. The van der Waals surface area contributed by atoms with Crippen molar-refractivity contribution in [3.63, 3.8) is 0 Å². The minimum absolute atomic E-state index is 0.0462. The molecule has 27 heavy (non-hydrogen) atoms. The number of aromatic nitrogens is 2. The molecule has 0 fully saturated rings. The lowest BCUT2D eigenvalue weighted by Gasteiger charge is -2.17. The molecule has 1 aliphatic rings. The van der Waals surface area contributed by atoms with Crippen LogP contribution in [0.4, 0.5) is 13.2 Å². The maximum absolute atomic E-state index is 12.8. The molecule has 0 N–H and O–H groups in total. The van der Waals surface area contributed by atoms with Crippen LogP contribution in [0.2, 0.25) is 0 Å². The van der Waals surface area contributed by atoms with Crippen molar-refractivity contribution in [3.05, 3.63) is 35.9 Å². The first-order valence-corrected chi connectivity index (χ1v) is 11.2. The van der Waals surface area contributed by atoms with Crippen LogP contribution < -0.4 is 0 Å². The van der Waals surface area contributed by atoms with Crippen LogP contribution in [0.1, 0.15) is 18.4 Å². The molecule has 11 heteroatoms. The molecule has 0 bridgehead atoms. The molecule has 0 aliphatic heterocycles. The van der Waals surface area contributed by atoms with Gasteiger partial charge in [-0.1, -0.05) is 13.0 Å². The van der Waals surface area contributed by atoms with E-state index in [1.807, 2.05) is 0 Å². The summed E-state index contributed by atoms with van der Waals surface area (Å²) < 4.78 is 79.7. The number of sulfone groups is 1. The summed E-state index contributed by atoms with van der Waals surface area (Å²) in [5.74, 6) is 4.04. The van der Waals surface area contributed by atoms with E-state index in [9.17, 15) is 25.8 Å². The Morgan fingerprint density at radius 2 is 2.04 bits per heavy atom. The number of hydrogen-bond acceptors (Lipinski definition) is 6. The molecule has 1 aliphatic carbocycles. The average molecular weight is 420 g/mol. The third-order valence-electron chi connectivity index (χ3n) is 4.15. The second-order valence-electron chi connectivity index (χ2n) is 5.87.